The van der Waals surface area contributed by atoms with Crippen LogP contribution in [0.25, 0.3) is 11.1 Å². The highest BCUT2D eigenvalue weighted by molar-refractivity contribution is 6.31. The lowest BCUT2D eigenvalue weighted by atomic mass is 10.0. The molecule has 1 fully saturated rings. The topological polar surface area (TPSA) is 79.7 Å². The Morgan fingerprint density at radius 2 is 1.84 bits per heavy atom. The van der Waals surface area contributed by atoms with Gasteiger partial charge in [0.05, 0.1) is 13.2 Å². The van der Waals surface area contributed by atoms with Crippen LogP contribution >= 0.6 is 11.6 Å². The molecule has 1 amide bonds. The molecule has 2 atom stereocenters. The molecule has 0 unspecified atom stereocenters. The van der Waals surface area contributed by atoms with Gasteiger partial charge in [0.1, 0.15) is 11.8 Å². The summed E-state index contributed by atoms with van der Waals surface area (Å²) in [5.74, 6) is -0.669. The molecule has 1 aromatic heterocycles. The van der Waals surface area contributed by atoms with Crippen LogP contribution in [-0.2, 0) is 4.79 Å². The predicted molar refractivity (Wildman–Crippen MR) is 117 cm³/mol. The number of nitrogens with zero attached hydrogens (tertiary/aromatic N) is 2. The third-order valence-electron chi connectivity index (χ3n) is 5.61. The summed E-state index contributed by atoms with van der Waals surface area (Å²) in [7, 11) is 1.59. The highest BCUT2D eigenvalue weighted by Gasteiger charge is 2.42. The fourth-order valence-electron chi connectivity index (χ4n) is 4.11. The number of amides is 1. The van der Waals surface area contributed by atoms with Gasteiger partial charge in [0.15, 0.2) is 0 Å². The van der Waals surface area contributed by atoms with E-state index in [1.165, 1.54) is 4.90 Å². The van der Waals surface area contributed by atoms with Crippen LogP contribution in [0.1, 0.15) is 34.8 Å². The van der Waals surface area contributed by atoms with Crippen molar-refractivity contribution >= 4 is 23.5 Å². The number of carboxylic acids is 1. The van der Waals surface area contributed by atoms with E-state index in [1.54, 1.807) is 43.8 Å². The monoisotopic (exact) mass is 436 g/mol. The lowest BCUT2D eigenvalue weighted by molar-refractivity contribution is -0.141. The van der Waals surface area contributed by atoms with E-state index in [0.29, 0.717) is 29.2 Å². The van der Waals surface area contributed by atoms with Crippen molar-refractivity contribution in [2.75, 3.05) is 7.11 Å². The largest absolute Gasteiger partial charge is 0.496 e. The standard InChI is InChI=1S/C24H21ClN2O4/c1-31-22-12-13-26-14-18(22)15-6-8-16(9-7-15)23(28)27-20(10-11-21(27)24(29)30)17-4-2-3-5-19(17)25/h2-9,12-14,20-21H,10-11H2,1H3,(H,29,30)/t20-,21+/m1/s1. The SMILES string of the molecule is COc1ccncc1-c1ccc(C(=O)N2[C@@H](c3ccccc3Cl)CC[C@H]2C(=O)O)cc1. The summed E-state index contributed by atoms with van der Waals surface area (Å²) in [4.78, 5) is 30.9. The molecule has 6 nitrogen and oxygen atoms in total. The smallest absolute Gasteiger partial charge is 0.326 e. The maximum atomic E-state index is 13.4. The molecule has 0 aliphatic carbocycles. The first kappa shape index (κ1) is 20.9. The maximum Gasteiger partial charge on any atom is 0.326 e. The minimum Gasteiger partial charge on any atom is -0.496 e. The molecule has 1 aliphatic heterocycles. The van der Waals surface area contributed by atoms with Crippen molar-refractivity contribution in [3.8, 4) is 16.9 Å². The summed E-state index contributed by atoms with van der Waals surface area (Å²) in [5.41, 5.74) is 2.83. The zero-order valence-electron chi connectivity index (χ0n) is 16.9. The first-order valence-electron chi connectivity index (χ1n) is 9.89. The van der Waals surface area contributed by atoms with Gasteiger partial charge in [-0.1, -0.05) is 41.9 Å². The zero-order valence-corrected chi connectivity index (χ0v) is 17.6. The van der Waals surface area contributed by atoms with Crippen LogP contribution in [0.5, 0.6) is 5.75 Å². The number of methoxy groups -OCH3 is 1. The summed E-state index contributed by atoms with van der Waals surface area (Å²) < 4.78 is 5.38. The molecule has 3 aromatic rings. The van der Waals surface area contributed by atoms with E-state index in [1.807, 2.05) is 30.3 Å². The molecule has 0 spiro atoms. The van der Waals surface area contributed by atoms with Crippen LogP contribution in [-0.4, -0.2) is 40.0 Å². The third kappa shape index (κ3) is 3.99. The van der Waals surface area contributed by atoms with Gasteiger partial charge in [0, 0.05) is 28.5 Å². The van der Waals surface area contributed by atoms with Crippen LogP contribution in [0.2, 0.25) is 5.02 Å². The number of carbonyl (C=O) groups excluding carboxylic acids is 1. The van der Waals surface area contributed by atoms with Crippen molar-refractivity contribution in [2.45, 2.75) is 24.9 Å². The molecule has 1 aliphatic rings. The summed E-state index contributed by atoms with van der Waals surface area (Å²) in [6.07, 6.45) is 4.26. The Hall–Kier alpha value is -3.38. The number of hydrogen-bond acceptors (Lipinski definition) is 4. The zero-order chi connectivity index (χ0) is 22.0. The number of benzene rings is 2. The minimum absolute atomic E-state index is 0.334. The van der Waals surface area contributed by atoms with Crippen molar-refractivity contribution in [3.05, 3.63) is 83.1 Å². The normalized spacial score (nSPS) is 18.1. The Morgan fingerprint density at radius 1 is 1.10 bits per heavy atom. The lowest BCUT2D eigenvalue weighted by Gasteiger charge is -2.29. The van der Waals surface area contributed by atoms with E-state index >= 15 is 0 Å². The molecule has 1 saturated heterocycles. The van der Waals surface area contributed by atoms with Crippen LogP contribution in [0, 0.1) is 0 Å². The number of rotatable bonds is 5. The van der Waals surface area contributed by atoms with Crippen LogP contribution in [0.15, 0.2) is 67.0 Å². The molecule has 2 aromatic carbocycles. The molecule has 0 radical (unpaired) electrons. The van der Waals surface area contributed by atoms with Gasteiger partial charge in [0.25, 0.3) is 5.91 Å². The second-order valence-electron chi connectivity index (χ2n) is 7.33. The molecule has 2 heterocycles. The average molecular weight is 437 g/mol. The number of hydrogen-bond donors (Lipinski definition) is 1. The number of pyridine rings is 1. The van der Waals surface area contributed by atoms with Gasteiger partial charge >= 0.3 is 5.97 Å². The number of ether oxygens (including phenoxy) is 1. The fourth-order valence-corrected chi connectivity index (χ4v) is 4.37. The molecule has 4 rings (SSSR count). The summed E-state index contributed by atoms with van der Waals surface area (Å²) in [5, 5.41) is 10.2. The van der Waals surface area contributed by atoms with E-state index in [4.69, 9.17) is 16.3 Å². The Labute approximate surface area is 185 Å². The van der Waals surface area contributed by atoms with Gasteiger partial charge in [0.2, 0.25) is 0 Å². The van der Waals surface area contributed by atoms with E-state index in [0.717, 1.165) is 16.7 Å². The van der Waals surface area contributed by atoms with Crippen molar-refractivity contribution in [1.82, 2.24) is 9.88 Å². The third-order valence-corrected chi connectivity index (χ3v) is 5.96. The number of carboxylic acid groups (broad SMARTS) is 1. The van der Waals surface area contributed by atoms with Crippen molar-refractivity contribution in [2.24, 2.45) is 0 Å². The van der Waals surface area contributed by atoms with Crippen molar-refractivity contribution in [3.63, 3.8) is 0 Å². The first-order valence-corrected chi connectivity index (χ1v) is 10.3. The number of halogens is 1. The predicted octanol–water partition coefficient (Wildman–Crippen LogP) is 4.84. The van der Waals surface area contributed by atoms with E-state index < -0.39 is 12.0 Å². The molecule has 31 heavy (non-hydrogen) atoms. The Balaban J connectivity index is 1.67. The van der Waals surface area contributed by atoms with Crippen LogP contribution in [0.3, 0.4) is 0 Å². The van der Waals surface area contributed by atoms with Gasteiger partial charge in [-0.3, -0.25) is 9.78 Å². The van der Waals surface area contributed by atoms with Gasteiger partial charge in [-0.05, 0) is 48.2 Å². The van der Waals surface area contributed by atoms with E-state index in [-0.39, 0.29) is 11.9 Å². The van der Waals surface area contributed by atoms with Crippen molar-refractivity contribution in [1.29, 1.82) is 0 Å². The van der Waals surface area contributed by atoms with E-state index in [2.05, 4.69) is 4.98 Å². The second kappa shape index (κ2) is 8.78. The Bertz CT molecular complexity index is 1120. The first-order chi connectivity index (χ1) is 15.0. The molecule has 158 valence electrons. The fraction of sp³-hybridized carbons (Fsp3) is 0.208. The van der Waals surface area contributed by atoms with Gasteiger partial charge < -0.3 is 14.7 Å². The summed E-state index contributed by atoms with van der Waals surface area (Å²) >= 11 is 6.36. The average Bonchev–Trinajstić information content (AvgIpc) is 3.24. The maximum absolute atomic E-state index is 13.4. The Morgan fingerprint density at radius 3 is 2.52 bits per heavy atom. The Kier molecular flexibility index (Phi) is 5.91. The van der Waals surface area contributed by atoms with Gasteiger partial charge in [-0.25, -0.2) is 4.79 Å². The molecule has 1 N–H and O–H groups in total. The van der Waals surface area contributed by atoms with Crippen LogP contribution < -0.4 is 4.74 Å². The quantitative estimate of drug-likeness (QED) is 0.619. The van der Waals surface area contributed by atoms with Crippen LogP contribution in [0.4, 0.5) is 0 Å². The number of aromatic nitrogens is 1. The molecule has 0 bridgehead atoms. The van der Waals surface area contributed by atoms with E-state index in [9.17, 15) is 14.7 Å². The number of likely N-dealkylation sites (tertiary alicyclic amines) is 1. The highest BCUT2D eigenvalue weighted by atomic mass is 35.5. The molecule has 7 heteroatoms. The second-order valence-corrected chi connectivity index (χ2v) is 7.74. The molecular formula is C24H21ClN2O4. The summed E-state index contributed by atoms with van der Waals surface area (Å²) in [6, 6.07) is 14.7. The highest BCUT2D eigenvalue weighted by Crippen LogP contribution is 2.40. The lowest BCUT2D eigenvalue weighted by Crippen LogP contribution is -2.41. The molecule has 0 saturated carbocycles. The van der Waals surface area contributed by atoms with Gasteiger partial charge in [-0.15, -0.1) is 0 Å². The number of aliphatic carboxylic acids is 1. The van der Waals surface area contributed by atoms with Crippen molar-refractivity contribution < 1.29 is 19.4 Å². The summed E-state index contributed by atoms with van der Waals surface area (Å²) in [6.45, 7) is 0. The minimum atomic E-state index is -1.01. The number of carbonyl (C=O) groups is 2. The van der Waals surface area contributed by atoms with Gasteiger partial charge in [-0.2, -0.15) is 0 Å². The molecular weight excluding hydrogens is 416 g/mol.